The van der Waals surface area contributed by atoms with Crippen molar-refractivity contribution in [2.45, 2.75) is 12.8 Å². The van der Waals surface area contributed by atoms with Crippen LogP contribution in [0.5, 0.6) is 11.5 Å². The third kappa shape index (κ3) is 5.50. The zero-order chi connectivity index (χ0) is 19.1. The number of halogens is 1. The van der Waals surface area contributed by atoms with Gasteiger partial charge in [-0.05, 0) is 30.7 Å². The van der Waals surface area contributed by atoms with Gasteiger partial charge in [0.05, 0.1) is 24.7 Å². The monoisotopic (exact) mass is 367 g/mol. The van der Waals surface area contributed by atoms with Gasteiger partial charge in [-0.15, -0.1) is 0 Å². The number of nitrogens with one attached hydrogen (secondary N) is 1. The summed E-state index contributed by atoms with van der Waals surface area (Å²) in [6.45, 7) is 0.309. The van der Waals surface area contributed by atoms with Crippen LogP contribution in [0.3, 0.4) is 0 Å². The molecule has 7 heteroatoms. The average Bonchev–Trinajstić information content (AvgIpc) is 2.66. The lowest BCUT2D eigenvalue weighted by Crippen LogP contribution is -2.13. The minimum atomic E-state index is -0.362. The summed E-state index contributed by atoms with van der Waals surface area (Å²) in [7, 11) is 0. The minimum absolute atomic E-state index is 0.133. The highest BCUT2D eigenvalue weighted by molar-refractivity contribution is 5.90. The molecule has 0 fully saturated rings. The lowest BCUT2D eigenvalue weighted by molar-refractivity contribution is -0.116. The number of phenols is 1. The quantitative estimate of drug-likeness (QED) is 0.621. The first-order valence-electron chi connectivity index (χ1n) is 8.40. The summed E-state index contributed by atoms with van der Waals surface area (Å²) in [6, 6.07) is 12.5. The van der Waals surface area contributed by atoms with Crippen LogP contribution >= 0.6 is 0 Å². The van der Waals surface area contributed by atoms with E-state index in [9.17, 15) is 14.3 Å². The molecule has 1 amide bonds. The molecule has 0 saturated heterocycles. The van der Waals surface area contributed by atoms with E-state index >= 15 is 0 Å². The second-order valence-electron chi connectivity index (χ2n) is 5.80. The SMILES string of the molecule is O=C(CCCOc1cccc(F)c1)Nc1cnc(-c2cccc(O)c2)nc1. The van der Waals surface area contributed by atoms with E-state index in [0.29, 0.717) is 35.9 Å². The molecule has 0 atom stereocenters. The fourth-order valence-corrected chi connectivity index (χ4v) is 2.39. The van der Waals surface area contributed by atoms with E-state index in [4.69, 9.17) is 4.74 Å². The maximum atomic E-state index is 13.0. The topological polar surface area (TPSA) is 84.3 Å². The summed E-state index contributed by atoms with van der Waals surface area (Å²) in [5.74, 6) is 0.471. The number of rotatable bonds is 7. The van der Waals surface area contributed by atoms with E-state index in [1.807, 2.05) is 0 Å². The minimum Gasteiger partial charge on any atom is -0.508 e. The molecule has 0 radical (unpaired) electrons. The van der Waals surface area contributed by atoms with Gasteiger partial charge in [0.2, 0.25) is 5.91 Å². The van der Waals surface area contributed by atoms with Gasteiger partial charge >= 0.3 is 0 Å². The van der Waals surface area contributed by atoms with Gasteiger partial charge in [0, 0.05) is 18.1 Å². The molecule has 27 heavy (non-hydrogen) atoms. The molecule has 0 aliphatic rings. The molecule has 2 N–H and O–H groups in total. The van der Waals surface area contributed by atoms with Crippen LogP contribution in [0.1, 0.15) is 12.8 Å². The zero-order valence-electron chi connectivity index (χ0n) is 14.4. The summed E-state index contributed by atoms with van der Waals surface area (Å²) in [5, 5.41) is 12.2. The summed E-state index contributed by atoms with van der Waals surface area (Å²) >= 11 is 0. The summed E-state index contributed by atoms with van der Waals surface area (Å²) in [5.41, 5.74) is 1.16. The third-order valence-corrected chi connectivity index (χ3v) is 3.65. The highest BCUT2D eigenvalue weighted by atomic mass is 19.1. The van der Waals surface area contributed by atoms with Gasteiger partial charge in [0.25, 0.3) is 0 Å². The molecule has 1 aromatic heterocycles. The van der Waals surface area contributed by atoms with Crippen molar-refractivity contribution in [1.82, 2.24) is 9.97 Å². The van der Waals surface area contributed by atoms with E-state index < -0.39 is 0 Å². The first kappa shape index (κ1) is 18.3. The number of ether oxygens (including phenoxy) is 1. The summed E-state index contributed by atoms with van der Waals surface area (Å²) < 4.78 is 18.4. The number of hydrogen-bond donors (Lipinski definition) is 2. The molecule has 6 nitrogen and oxygen atoms in total. The molecule has 3 rings (SSSR count). The normalized spacial score (nSPS) is 10.4. The van der Waals surface area contributed by atoms with Crippen LogP contribution in [-0.4, -0.2) is 27.6 Å². The van der Waals surface area contributed by atoms with Crippen molar-refractivity contribution in [2.75, 3.05) is 11.9 Å². The Hall–Kier alpha value is -3.48. The molecule has 0 aliphatic heterocycles. The maximum Gasteiger partial charge on any atom is 0.224 e. The standard InChI is InChI=1S/C20H18FN3O3/c21-15-5-2-7-18(11-15)27-9-3-8-19(26)24-16-12-22-20(23-13-16)14-4-1-6-17(25)10-14/h1-2,4-7,10-13,25H,3,8-9H2,(H,24,26). The van der Waals surface area contributed by atoms with E-state index in [1.54, 1.807) is 36.4 Å². The molecule has 2 aromatic carbocycles. The predicted octanol–water partition coefficient (Wildman–Crippen LogP) is 3.79. The van der Waals surface area contributed by atoms with Crippen LogP contribution in [0.15, 0.2) is 60.9 Å². The average molecular weight is 367 g/mol. The summed E-state index contributed by atoms with van der Waals surface area (Å²) in [4.78, 5) is 20.3. The molecule has 0 saturated carbocycles. The van der Waals surface area contributed by atoms with Crippen LogP contribution < -0.4 is 10.1 Å². The molecule has 138 valence electrons. The first-order valence-corrected chi connectivity index (χ1v) is 8.40. The Balaban J connectivity index is 1.45. The van der Waals surface area contributed by atoms with Crippen molar-refractivity contribution in [2.24, 2.45) is 0 Å². The van der Waals surface area contributed by atoms with Crippen LogP contribution in [0, 0.1) is 5.82 Å². The number of carbonyl (C=O) groups excluding carboxylic acids is 1. The van der Waals surface area contributed by atoms with Gasteiger partial charge in [-0.2, -0.15) is 0 Å². The number of aromatic nitrogens is 2. The largest absolute Gasteiger partial charge is 0.508 e. The van der Waals surface area contributed by atoms with Crippen molar-refractivity contribution in [3.8, 4) is 22.9 Å². The molecule has 3 aromatic rings. The van der Waals surface area contributed by atoms with Gasteiger partial charge in [-0.1, -0.05) is 18.2 Å². The Morgan fingerprint density at radius 3 is 2.63 bits per heavy atom. The number of phenolic OH excluding ortho intramolecular Hbond substituents is 1. The second-order valence-corrected chi connectivity index (χ2v) is 5.80. The lowest BCUT2D eigenvalue weighted by Gasteiger charge is -2.07. The zero-order valence-corrected chi connectivity index (χ0v) is 14.4. The van der Waals surface area contributed by atoms with Gasteiger partial charge in [-0.25, -0.2) is 14.4 Å². The van der Waals surface area contributed by atoms with E-state index in [2.05, 4.69) is 15.3 Å². The van der Waals surface area contributed by atoms with Crippen molar-refractivity contribution in [1.29, 1.82) is 0 Å². The number of benzene rings is 2. The van der Waals surface area contributed by atoms with Gasteiger partial charge in [0.1, 0.15) is 17.3 Å². The van der Waals surface area contributed by atoms with Crippen LogP contribution in [0.4, 0.5) is 10.1 Å². The fraction of sp³-hybridized carbons (Fsp3) is 0.150. The Bertz CT molecular complexity index is 916. The van der Waals surface area contributed by atoms with Gasteiger partial charge < -0.3 is 15.2 Å². The maximum absolute atomic E-state index is 13.0. The molecular weight excluding hydrogens is 349 g/mol. The predicted molar refractivity (Wildman–Crippen MR) is 98.9 cm³/mol. The van der Waals surface area contributed by atoms with E-state index in [0.717, 1.165) is 0 Å². The van der Waals surface area contributed by atoms with Crippen LogP contribution in [0.2, 0.25) is 0 Å². The Morgan fingerprint density at radius 1 is 1.11 bits per heavy atom. The number of amides is 1. The number of hydrogen-bond acceptors (Lipinski definition) is 5. The molecule has 0 aliphatic carbocycles. The molecular formula is C20H18FN3O3. The van der Waals surface area contributed by atoms with Crippen molar-refractivity contribution < 1.29 is 19.0 Å². The smallest absolute Gasteiger partial charge is 0.224 e. The molecule has 0 unspecified atom stereocenters. The third-order valence-electron chi connectivity index (χ3n) is 3.65. The molecule has 1 heterocycles. The second kappa shape index (κ2) is 8.75. The lowest BCUT2D eigenvalue weighted by atomic mass is 10.2. The Morgan fingerprint density at radius 2 is 1.89 bits per heavy atom. The van der Waals surface area contributed by atoms with Crippen molar-refractivity contribution in [3.63, 3.8) is 0 Å². The van der Waals surface area contributed by atoms with E-state index in [1.165, 1.54) is 24.5 Å². The Kier molecular flexibility index (Phi) is 5.94. The summed E-state index contributed by atoms with van der Waals surface area (Å²) in [6.07, 6.45) is 3.76. The van der Waals surface area contributed by atoms with Crippen molar-refractivity contribution in [3.05, 3.63) is 66.7 Å². The van der Waals surface area contributed by atoms with Crippen molar-refractivity contribution >= 4 is 11.6 Å². The molecule has 0 bridgehead atoms. The number of anilines is 1. The van der Waals surface area contributed by atoms with Crippen LogP contribution in [0.25, 0.3) is 11.4 Å². The van der Waals surface area contributed by atoms with Gasteiger partial charge in [0.15, 0.2) is 5.82 Å². The van der Waals surface area contributed by atoms with E-state index in [-0.39, 0.29) is 23.9 Å². The number of aromatic hydroxyl groups is 1. The first-order chi connectivity index (χ1) is 13.1. The fourth-order valence-electron chi connectivity index (χ4n) is 2.39. The number of nitrogens with zero attached hydrogens (tertiary/aromatic N) is 2. The molecule has 0 spiro atoms. The van der Waals surface area contributed by atoms with Gasteiger partial charge in [-0.3, -0.25) is 4.79 Å². The number of carbonyl (C=O) groups is 1. The van der Waals surface area contributed by atoms with Crippen LogP contribution in [-0.2, 0) is 4.79 Å². The highest BCUT2D eigenvalue weighted by Crippen LogP contribution is 2.20. The Labute approximate surface area is 155 Å². The highest BCUT2D eigenvalue weighted by Gasteiger charge is 2.06.